The monoisotopic (exact) mass is 242 g/mol. The molecule has 0 bridgehead atoms. The van der Waals surface area contributed by atoms with Crippen molar-refractivity contribution in [3.05, 3.63) is 70.5 Å². The van der Waals surface area contributed by atoms with Gasteiger partial charge in [-0.3, -0.25) is 0 Å². The first-order chi connectivity index (χ1) is 8.65. The molecule has 3 rings (SSSR count). The van der Waals surface area contributed by atoms with Gasteiger partial charge < -0.3 is 4.74 Å². The Hall–Kier alpha value is -2.16. The van der Waals surface area contributed by atoms with Crippen LogP contribution in [-0.4, -0.2) is 5.97 Å². The van der Waals surface area contributed by atoms with Crippen LogP contribution in [0.3, 0.4) is 0 Å². The van der Waals surface area contributed by atoms with E-state index in [1.165, 1.54) is 12.1 Å². The Morgan fingerprint density at radius 1 is 1.11 bits per heavy atom. The van der Waals surface area contributed by atoms with Gasteiger partial charge in [-0.15, -0.1) is 0 Å². The number of carbonyl (C=O) groups is 1. The van der Waals surface area contributed by atoms with Gasteiger partial charge in [0.15, 0.2) is 6.10 Å². The van der Waals surface area contributed by atoms with E-state index in [4.69, 9.17) is 4.74 Å². The van der Waals surface area contributed by atoms with Crippen molar-refractivity contribution in [2.45, 2.75) is 13.0 Å². The second-order valence-corrected chi connectivity index (χ2v) is 4.43. The molecule has 90 valence electrons. The summed E-state index contributed by atoms with van der Waals surface area (Å²) >= 11 is 0. The van der Waals surface area contributed by atoms with E-state index in [2.05, 4.69) is 0 Å². The number of halogens is 1. The lowest BCUT2D eigenvalue weighted by molar-refractivity contribution is 0.0456. The van der Waals surface area contributed by atoms with Gasteiger partial charge >= 0.3 is 5.97 Å². The number of esters is 1. The highest BCUT2D eigenvalue weighted by Gasteiger charge is 2.31. The third kappa shape index (κ3) is 1.68. The van der Waals surface area contributed by atoms with Crippen molar-refractivity contribution in [3.63, 3.8) is 0 Å². The Kier molecular flexibility index (Phi) is 2.40. The molecule has 0 saturated carbocycles. The van der Waals surface area contributed by atoms with Crippen LogP contribution in [0.15, 0.2) is 42.5 Å². The highest BCUT2D eigenvalue weighted by atomic mass is 19.1. The summed E-state index contributed by atoms with van der Waals surface area (Å²) < 4.78 is 18.2. The molecule has 0 radical (unpaired) electrons. The summed E-state index contributed by atoms with van der Waals surface area (Å²) in [7, 11) is 0. The summed E-state index contributed by atoms with van der Waals surface area (Å²) in [6, 6.07) is 11.7. The second-order valence-electron chi connectivity index (χ2n) is 4.43. The summed E-state index contributed by atoms with van der Waals surface area (Å²) in [6.07, 6.45) is -0.423. The topological polar surface area (TPSA) is 26.3 Å². The molecule has 1 atom stereocenters. The fourth-order valence-corrected chi connectivity index (χ4v) is 2.19. The molecule has 0 spiro atoms. The van der Waals surface area contributed by atoms with E-state index < -0.39 is 6.10 Å². The van der Waals surface area contributed by atoms with Crippen LogP contribution in [0.4, 0.5) is 4.39 Å². The maximum atomic E-state index is 12.9. The highest BCUT2D eigenvalue weighted by Crippen LogP contribution is 2.36. The van der Waals surface area contributed by atoms with Crippen molar-refractivity contribution in [3.8, 4) is 0 Å². The van der Waals surface area contributed by atoms with Gasteiger partial charge in [0.05, 0.1) is 5.56 Å². The molecule has 0 amide bonds. The SMILES string of the molecule is Cc1ccc2c(c1)C(=O)OC2c1ccc(F)cc1. The smallest absolute Gasteiger partial charge is 0.339 e. The van der Waals surface area contributed by atoms with E-state index in [0.29, 0.717) is 5.56 Å². The zero-order valence-electron chi connectivity index (χ0n) is 9.81. The van der Waals surface area contributed by atoms with E-state index in [1.54, 1.807) is 12.1 Å². The predicted octanol–water partition coefficient (Wildman–Crippen LogP) is 3.39. The molecule has 1 heterocycles. The van der Waals surface area contributed by atoms with Gasteiger partial charge in [-0.25, -0.2) is 9.18 Å². The molecule has 1 unspecified atom stereocenters. The molecule has 0 N–H and O–H groups in total. The zero-order chi connectivity index (χ0) is 12.7. The Morgan fingerprint density at radius 3 is 2.56 bits per heavy atom. The number of cyclic esters (lactones) is 1. The summed E-state index contributed by atoms with van der Waals surface area (Å²) in [6.45, 7) is 1.93. The van der Waals surface area contributed by atoms with Crippen molar-refractivity contribution in [1.82, 2.24) is 0 Å². The minimum absolute atomic E-state index is 0.299. The molecule has 0 saturated heterocycles. The maximum absolute atomic E-state index is 12.9. The molecule has 1 aliphatic heterocycles. The first-order valence-electron chi connectivity index (χ1n) is 5.72. The average molecular weight is 242 g/mol. The molecular weight excluding hydrogens is 231 g/mol. The number of benzene rings is 2. The van der Waals surface area contributed by atoms with Crippen LogP contribution in [0.1, 0.15) is 33.2 Å². The van der Waals surface area contributed by atoms with Gasteiger partial charge in [0.2, 0.25) is 0 Å². The van der Waals surface area contributed by atoms with E-state index in [1.807, 2.05) is 25.1 Å². The number of rotatable bonds is 1. The van der Waals surface area contributed by atoms with Crippen molar-refractivity contribution in [2.24, 2.45) is 0 Å². The number of hydrogen-bond donors (Lipinski definition) is 0. The molecule has 2 nitrogen and oxygen atoms in total. The van der Waals surface area contributed by atoms with Gasteiger partial charge in [-0.05, 0) is 30.7 Å². The lowest BCUT2D eigenvalue weighted by Gasteiger charge is -2.10. The molecule has 0 aromatic heterocycles. The largest absolute Gasteiger partial charge is 0.449 e. The van der Waals surface area contributed by atoms with Crippen LogP contribution in [-0.2, 0) is 4.74 Å². The van der Waals surface area contributed by atoms with Crippen LogP contribution >= 0.6 is 0 Å². The van der Waals surface area contributed by atoms with E-state index in [9.17, 15) is 9.18 Å². The number of hydrogen-bond acceptors (Lipinski definition) is 2. The summed E-state index contributed by atoms with van der Waals surface area (Å²) in [5, 5.41) is 0. The highest BCUT2D eigenvalue weighted by molar-refractivity contribution is 5.94. The lowest BCUT2D eigenvalue weighted by Crippen LogP contribution is -2.00. The van der Waals surface area contributed by atoms with E-state index >= 15 is 0 Å². The fraction of sp³-hybridized carbons (Fsp3) is 0.133. The Morgan fingerprint density at radius 2 is 1.83 bits per heavy atom. The van der Waals surface area contributed by atoms with E-state index in [0.717, 1.165) is 16.7 Å². The van der Waals surface area contributed by atoms with Crippen molar-refractivity contribution < 1.29 is 13.9 Å². The van der Waals surface area contributed by atoms with Crippen molar-refractivity contribution in [2.75, 3.05) is 0 Å². The summed E-state index contributed by atoms with van der Waals surface area (Å²) in [4.78, 5) is 11.8. The van der Waals surface area contributed by atoms with Crippen LogP contribution in [0, 0.1) is 12.7 Å². The average Bonchev–Trinajstić information content (AvgIpc) is 2.68. The van der Waals surface area contributed by atoms with Gasteiger partial charge in [0.1, 0.15) is 5.82 Å². The normalized spacial score (nSPS) is 17.4. The molecule has 0 fully saturated rings. The first-order valence-corrected chi connectivity index (χ1v) is 5.72. The first kappa shape index (κ1) is 11.0. The molecule has 3 heteroatoms. The Balaban J connectivity index is 2.07. The zero-order valence-corrected chi connectivity index (χ0v) is 9.81. The number of aryl methyl sites for hydroxylation is 1. The quantitative estimate of drug-likeness (QED) is 0.716. The molecule has 0 aliphatic carbocycles. The Bertz CT molecular complexity index is 617. The summed E-state index contributed by atoms with van der Waals surface area (Å²) in [5.74, 6) is -0.616. The van der Waals surface area contributed by atoms with Crippen LogP contribution in [0.25, 0.3) is 0 Å². The standard InChI is InChI=1S/C15H11FO2/c1-9-2-7-12-13(8-9)15(17)18-14(12)10-3-5-11(16)6-4-10/h2-8,14H,1H3. The van der Waals surface area contributed by atoms with Gasteiger partial charge in [0.25, 0.3) is 0 Å². The van der Waals surface area contributed by atoms with Crippen LogP contribution in [0.5, 0.6) is 0 Å². The summed E-state index contributed by atoms with van der Waals surface area (Å²) in [5.41, 5.74) is 3.25. The molecule has 1 aliphatic rings. The number of fused-ring (bicyclic) bond motifs is 1. The van der Waals surface area contributed by atoms with Gasteiger partial charge in [-0.1, -0.05) is 29.8 Å². The van der Waals surface area contributed by atoms with Crippen LogP contribution in [0.2, 0.25) is 0 Å². The molecule has 2 aromatic carbocycles. The predicted molar refractivity (Wildman–Crippen MR) is 64.8 cm³/mol. The number of carbonyl (C=O) groups excluding carboxylic acids is 1. The second kappa shape index (κ2) is 3.95. The van der Waals surface area contributed by atoms with Crippen molar-refractivity contribution in [1.29, 1.82) is 0 Å². The van der Waals surface area contributed by atoms with Gasteiger partial charge in [-0.2, -0.15) is 0 Å². The van der Waals surface area contributed by atoms with Gasteiger partial charge in [0, 0.05) is 5.56 Å². The minimum atomic E-state index is -0.423. The third-order valence-corrected chi connectivity index (χ3v) is 3.11. The molecule has 18 heavy (non-hydrogen) atoms. The lowest BCUT2D eigenvalue weighted by atomic mass is 9.98. The van der Waals surface area contributed by atoms with Crippen molar-refractivity contribution >= 4 is 5.97 Å². The minimum Gasteiger partial charge on any atom is -0.449 e. The molecular formula is C15H11FO2. The third-order valence-electron chi connectivity index (χ3n) is 3.11. The molecule has 2 aromatic rings. The Labute approximate surface area is 104 Å². The maximum Gasteiger partial charge on any atom is 0.339 e. The van der Waals surface area contributed by atoms with E-state index in [-0.39, 0.29) is 11.8 Å². The fourth-order valence-electron chi connectivity index (χ4n) is 2.19. The van der Waals surface area contributed by atoms with Crippen LogP contribution < -0.4 is 0 Å². The number of ether oxygens (including phenoxy) is 1.